The molecule has 0 amide bonds. The number of aromatic nitrogens is 1. The summed E-state index contributed by atoms with van der Waals surface area (Å²) in [4.78, 5) is 14.5. The molecule has 0 aliphatic heterocycles. The van der Waals surface area contributed by atoms with Gasteiger partial charge in [0.15, 0.2) is 29.2 Å². The number of halogens is 1. The summed E-state index contributed by atoms with van der Waals surface area (Å²) in [7, 11) is 1.37. The molecule has 4 aromatic carbocycles. The molecule has 11 heteroatoms. The minimum atomic E-state index is -4.94. The molecule has 0 bridgehead atoms. The first-order chi connectivity index (χ1) is 20.6. The Bertz CT molecular complexity index is 1720. The zero-order valence-electron chi connectivity index (χ0n) is 23.7. The van der Waals surface area contributed by atoms with Crippen LogP contribution in [0.4, 0.5) is 0 Å². The van der Waals surface area contributed by atoms with E-state index in [4.69, 9.17) is 37.6 Å². The molecule has 222 valence electrons. The number of rotatable bonds is 8. The van der Waals surface area contributed by atoms with Gasteiger partial charge in [-0.2, -0.15) is 4.57 Å². The molecule has 1 aromatic heterocycles. The first-order valence-electron chi connectivity index (χ1n) is 12.7. The second kappa shape index (κ2) is 13.5. The van der Waals surface area contributed by atoms with Gasteiger partial charge in [0.1, 0.15) is 5.56 Å². The number of benzene rings is 4. The van der Waals surface area contributed by atoms with Gasteiger partial charge in [-0.1, -0.05) is 36.4 Å². The summed E-state index contributed by atoms with van der Waals surface area (Å²) in [6.45, 7) is 0. The second-order valence-corrected chi connectivity index (χ2v) is 9.75. The van der Waals surface area contributed by atoms with Crippen molar-refractivity contribution in [1.82, 2.24) is 0 Å². The second-order valence-electron chi connectivity index (χ2n) is 9.00. The average Bonchev–Trinajstić information content (AvgIpc) is 3.02. The van der Waals surface area contributed by atoms with Crippen LogP contribution in [-0.2, 0) is 0 Å². The van der Waals surface area contributed by atoms with E-state index in [1.54, 1.807) is 46.6 Å². The van der Waals surface area contributed by atoms with Crippen molar-refractivity contribution in [3.63, 3.8) is 0 Å². The first-order valence-corrected chi connectivity index (χ1v) is 14.0. The Morgan fingerprint density at radius 1 is 0.651 bits per heavy atom. The molecule has 43 heavy (non-hydrogen) atoms. The van der Waals surface area contributed by atoms with Crippen LogP contribution in [0.2, 0.25) is 0 Å². The summed E-state index contributed by atoms with van der Waals surface area (Å²) in [5, 5.41) is 1.57. The minimum Gasteiger partial charge on any atom is -0.493 e. The molecule has 0 saturated heterocycles. The lowest BCUT2D eigenvalue weighted by Crippen LogP contribution is -2.68. The SMILES string of the molecule is COc1ccc(C(=O)c2c(-c3ccccc3)[n+](-c3ccccc3)cc3cc(OC)c(OC)cc23)cc1OC.[O-][Cl+3]([O-])([O-])[O-]. The van der Waals surface area contributed by atoms with E-state index >= 15 is 0 Å². The zero-order valence-corrected chi connectivity index (χ0v) is 24.5. The molecule has 0 atom stereocenters. The number of fused-ring (bicyclic) bond motifs is 1. The van der Waals surface area contributed by atoms with Gasteiger partial charge in [-0.15, -0.1) is 10.2 Å². The van der Waals surface area contributed by atoms with Gasteiger partial charge in [0, 0.05) is 28.6 Å². The third kappa shape index (κ3) is 7.20. The van der Waals surface area contributed by atoms with Crippen LogP contribution in [0.1, 0.15) is 15.9 Å². The molecule has 10 nitrogen and oxygen atoms in total. The molecule has 0 spiro atoms. The van der Waals surface area contributed by atoms with Crippen molar-refractivity contribution in [2.45, 2.75) is 0 Å². The maximum atomic E-state index is 14.5. The number of ketones is 1. The zero-order chi connectivity index (χ0) is 31.1. The van der Waals surface area contributed by atoms with E-state index < -0.39 is 10.2 Å². The largest absolute Gasteiger partial charge is 0.493 e. The Hall–Kier alpha value is -4.71. The molecule has 0 unspecified atom stereocenters. The molecular formula is C32H28ClNO9. The van der Waals surface area contributed by atoms with Gasteiger partial charge in [0.05, 0.1) is 33.8 Å². The van der Waals surface area contributed by atoms with Crippen molar-refractivity contribution in [3.8, 4) is 39.9 Å². The first kappa shape index (κ1) is 31.2. The van der Waals surface area contributed by atoms with E-state index in [9.17, 15) is 4.79 Å². The van der Waals surface area contributed by atoms with Crippen molar-refractivity contribution >= 4 is 16.6 Å². The van der Waals surface area contributed by atoms with Crippen molar-refractivity contribution in [1.29, 1.82) is 0 Å². The summed E-state index contributed by atoms with van der Waals surface area (Å²) in [5.74, 6) is 1.99. The summed E-state index contributed by atoms with van der Waals surface area (Å²) in [6, 6.07) is 28.8. The monoisotopic (exact) mass is 605 g/mol. The van der Waals surface area contributed by atoms with E-state index in [1.807, 2.05) is 79.0 Å². The van der Waals surface area contributed by atoms with Crippen LogP contribution in [0.3, 0.4) is 0 Å². The third-order valence-electron chi connectivity index (χ3n) is 6.53. The molecule has 5 aromatic rings. The van der Waals surface area contributed by atoms with Crippen LogP contribution in [-0.4, -0.2) is 34.2 Å². The van der Waals surface area contributed by atoms with Gasteiger partial charge in [-0.25, -0.2) is 18.6 Å². The van der Waals surface area contributed by atoms with Gasteiger partial charge in [-0.3, -0.25) is 4.79 Å². The van der Waals surface area contributed by atoms with Gasteiger partial charge in [0.25, 0.3) is 0 Å². The van der Waals surface area contributed by atoms with Crippen molar-refractivity contribution in [3.05, 3.63) is 108 Å². The predicted molar refractivity (Wildman–Crippen MR) is 147 cm³/mol. The molecule has 0 radical (unpaired) electrons. The lowest BCUT2D eigenvalue weighted by atomic mass is 9.92. The maximum Gasteiger partial charge on any atom is 0.230 e. The van der Waals surface area contributed by atoms with Crippen LogP contribution in [0, 0.1) is 10.2 Å². The van der Waals surface area contributed by atoms with Crippen LogP contribution < -0.4 is 42.2 Å². The summed E-state index contributed by atoms with van der Waals surface area (Å²) >= 11 is 0. The standard InChI is InChI=1S/C32H28NO5.ClHO4/c1-35-26-16-15-22(17-27(26)36-2)32(34)30-25-19-29(38-4)28(37-3)18-23(25)20-33(24-13-9-6-10-14-24)31(30)21-11-7-5-8-12-21;2-1(3,4)5/h5-20H,1-4H3;(H,2,3,4,5)/q+1;/p-1. The van der Waals surface area contributed by atoms with E-state index in [2.05, 4.69) is 4.57 Å². The Morgan fingerprint density at radius 2 is 1.16 bits per heavy atom. The lowest BCUT2D eigenvalue weighted by Gasteiger charge is -2.17. The lowest BCUT2D eigenvalue weighted by molar-refractivity contribution is -2.00. The Morgan fingerprint density at radius 3 is 1.72 bits per heavy atom. The number of hydrogen-bond donors (Lipinski definition) is 0. The number of pyridine rings is 1. The summed E-state index contributed by atoms with van der Waals surface area (Å²) in [5.41, 5.74) is 3.59. The maximum absolute atomic E-state index is 14.5. The van der Waals surface area contributed by atoms with Gasteiger partial charge < -0.3 is 18.9 Å². The summed E-state index contributed by atoms with van der Waals surface area (Å²) in [6.07, 6.45) is 2.03. The Labute approximate surface area is 250 Å². The van der Waals surface area contributed by atoms with Gasteiger partial charge in [0.2, 0.25) is 17.2 Å². The molecule has 0 N–H and O–H groups in total. The normalized spacial score (nSPS) is 10.9. The fourth-order valence-corrected chi connectivity index (χ4v) is 4.69. The van der Waals surface area contributed by atoms with Crippen molar-refractivity contribution < 1.29 is 57.2 Å². The summed E-state index contributed by atoms with van der Waals surface area (Å²) < 4.78 is 58.2. The van der Waals surface area contributed by atoms with Crippen LogP contribution in [0.15, 0.2) is 97.2 Å². The van der Waals surface area contributed by atoms with E-state index in [-0.39, 0.29) is 5.78 Å². The Balaban J connectivity index is 0.000000782. The Kier molecular flexibility index (Phi) is 9.81. The fraction of sp³-hybridized carbons (Fsp3) is 0.125. The number of carbonyl (C=O) groups excluding carboxylic acids is 1. The van der Waals surface area contributed by atoms with E-state index in [0.717, 1.165) is 27.7 Å². The number of hydrogen-bond acceptors (Lipinski definition) is 9. The molecule has 0 aliphatic carbocycles. The van der Waals surface area contributed by atoms with Crippen LogP contribution in [0.25, 0.3) is 27.7 Å². The molecular weight excluding hydrogens is 578 g/mol. The highest BCUT2D eigenvalue weighted by atomic mass is 35.7. The smallest absolute Gasteiger partial charge is 0.230 e. The van der Waals surface area contributed by atoms with Crippen molar-refractivity contribution in [2.75, 3.05) is 28.4 Å². The predicted octanol–water partition coefficient (Wildman–Crippen LogP) is 1.29. The van der Waals surface area contributed by atoms with Crippen LogP contribution >= 0.6 is 0 Å². The quantitative estimate of drug-likeness (QED) is 0.188. The van der Waals surface area contributed by atoms with Crippen molar-refractivity contribution in [2.24, 2.45) is 0 Å². The number of para-hydroxylation sites is 1. The average molecular weight is 606 g/mol. The molecule has 5 rings (SSSR count). The fourth-order valence-electron chi connectivity index (χ4n) is 4.69. The van der Waals surface area contributed by atoms with Crippen LogP contribution in [0.5, 0.6) is 23.0 Å². The highest BCUT2D eigenvalue weighted by Crippen LogP contribution is 2.38. The topological polar surface area (TPSA) is 150 Å². The van der Waals surface area contributed by atoms with Gasteiger partial charge in [-0.05, 0) is 42.5 Å². The minimum absolute atomic E-state index is 0.160. The number of ether oxygens (including phenoxy) is 4. The van der Waals surface area contributed by atoms with Gasteiger partial charge >= 0.3 is 0 Å². The third-order valence-corrected chi connectivity index (χ3v) is 6.53. The van der Waals surface area contributed by atoms with E-state index in [1.165, 1.54) is 0 Å². The molecule has 0 fully saturated rings. The number of carbonyl (C=O) groups is 1. The van der Waals surface area contributed by atoms with E-state index in [0.29, 0.717) is 34.1 Å². The number of methoxy groups -OCH3 is 4. The highest BCUT2D eigenvalue weighted by molar-refractivity contribution is 6.19. The molecule has 0 saturated carbocycles. The number of nitrogens with zero attached hydrogens (tertiary/aromatic N) is 1. The molecule has 1 heterocycles. The molecule has 0 aliphatic rings. The highest BCUT2D eigenvalue weighted by Gasteiger charge is 2.30.